The van der Waals surface area contributed by atoms with Crippen molar-refractivity contribution < 1.29 is 0 Å². The van der Waals surface area contributed by atoms with E-state index >= 15 is 0 Å². The van der Waals surface area contributed by atoms with Gasteiger partial charge < -0.3 is 10.2 Å². The van der Waals surface area contributed by atoms with Gasteiger partial charge >= 0.3 is 0 Å². The molecule has 0 aliphatic rings. The molecule has 2 aromatic rings. The molecule has 0 aromatic heterocycles. The number of nitrogens with one attached hydrogen (secondary N) is 1. The Labute approximate surface area is 122 Å². The fourth-order valence-corrected chi connectivity index (χ4v) is 2.65. The van der Waals surface area contributed by atoms with Crippen LogP contribution < -0.4 is 5.32 Å². The van der Waals surface area contributed by atoms with Gasteiger partial charge in [0.15, 0.2) is 0 Å². The van der Waals surface area contributed by atoms with E-state index in [2.05, 4.69) is 66.5 Å². The maximum atomic E-state index is 3.58. The van der Waals surface area contributed by atoms with Gasteiger partial charge in [0.2, 0.25) is 0 Å². The Kier molecular flexibility index (Phi) is 6.03. The minimum atomic E-state index is 0.949. The van der Waals surface area contributed by atoms with Crippen LogP contribution >= 0.6 is 0 Å². The van der Waals surface area contributed by atoms with Crippen LogP contribution in [0.3, 0.4) is 0 Å². The van der Waals surface area contributed by atoms with Crippen LogP contribution in [0.15, 0.2) is 42.5 Å². The molecule has 0 radical (unpaired) electrons. The normalized spacial score (nSPS) is 11.3. The van der Waals surface area contributed by atoms with Gasteiger partial charge in [-0.3, -0.25) is 0 Å². The summed E-state index contributed by atoms with van der Waals surface area (Å²) in [6, 6.07) is 15.2. The lowest BCUT2D eigenvalue weighted by Gasteiger charge is -2.19. The number of hydrogen-bond acceptors (Lipinski definition) is 2. The molecule has 108 valence electrons. The first-order valence-electron chi connectivity index (χ1n) is 7.74. The summed E-state index contributed by atoms with van der Waals surface area (Å²) in [5, 5.41) is 6.27. The van der Waals surface area contributed by atoms with Gasteiger partial charge in [-0.1, -0.05) is 56.3 Å². The highest BCUT2D eigenvalue weighted by Crippen LogP contribution is 2.17. The standard InChI is InChI=1S/C18H26N2/c1-3-13-20(4-2)14-12-19-15-17-10-7-9-16-8-5-6-11-18(16)17/h5-11,19H,3-4,12-15H2,1-2H3. The number of hydrogen-bond donors (Lipinski definition) is 1. The average Bonchev–Trinajstić information content (AvgIpc) is 2.50. The quantitative estimate of drug-likeness (QED) is 0.736. The van der Waals surface area contributed by atoms with Gasteiger partial charge in [0, 0.05) is 19.6 Å². The summed E-state index contributed by atoms with van der Waals surface area (Å²) in [4.78, 5) is 2.50. The molecule has 0 heterocycles. The molecule has 0 fully saturated rings. The van der Waals surface area contributed by atoms with Crippen LogP contribution in [0.5, 0.6) is 0 Å². The minimum Gasteiger partial charge on any atom is -0.311 e. The van der Waals surface area contributed by atoms with Crippen LogP contribution in [0, 0.1) is 0 Å². The molecule has 2 nitrogen and oxygen atoms in total. The molecular weight excluding hydrogens is 244 g/mol. The van der Waals surface area contributed by atoms with Gasteiger partial charge in [-0.05, 0) is 35.8 Å². The van der Waals surface area contributed by atoms with Crippen molar-refractivity contribution in [3.05, 3.63) is 48.0 Å². The number of fused-ring (bicyclic) bond motifs is 1. The van der Waals surface area contributed by atoms with Crippen LogP contribution in [-0.4, -0.2) is 31.1 Å². The van der Waals surface area contributed by atoms with Gasteiger partial charge in [-0.2, -0.15) is 0 Å². The first kappa shape index (κ1) is 15.0. The van der Waals surface area contributed by atoms with Crippen molar-refractivity contribution in [3.8, 4) is 0 Å². The van der Waals surface area contributed by atoms with Gasteiger partial charge in [0.1, 0.15) is 0 Å². The van der Waals surface area contributed by atoms with E-state index in [-0.39, 0.29) is 0 Å². The van der Waals surface area contributed by atoms with Crippen LogP contribution in [0.4, 0.5) is 0 Å². The van der Waals surface area contributed by atoms with Gasteiger partial charge in [-0.25, -0.2) is 0 Å². The zero-order valence-electron chi connectivity index (χ0n) is 12.7. The van der Waals surface area contributed by atoms with Crippen molar-refractivity contribution in [3.63, 3.8) is 0 Å². The summed E-state index contributed by atoms with van der Waals surface area (Å²) >= 11 is 0. The van der Waals surface area contributed by atoms with Crippen molar-refractivity contribution in [1.82, 2.24) is 10.2 Å². The van der Waals surface area contributed by atoms with Crippen molar-refractivity contribution >= 4 is 10.8 Å². The zero-order chi connectivity index (χ0) is 14.2. The van der Waals surface area contributed by atoms with E-state index in [1.807, 2.05) is 0 Å². The molecule has 0 spiro atoms. The molecule has 0 amide bonds. The van der Waals surface area contributed by atoms with Crippen molar-refractivity contribution in [2.75, 3.05) is 26.2 Å². The number of benzene rings is 2. The summed E-state index contributed by atoms with van der Waals surface area (Å²) in [6.07, 6.45) is 1.23. The monoisotopic (exact) mass is 270 g/mol. The number of nitrogens with zero attached hydrogens (tertiary/aromatic N) is 1. The average molecular weight is 270 g/mol. The summed E-state index contributed by atoms with van der Waals surface area (Å²) in [5.74, 6) is 0. The second kappa shape index (κ2) is 8.03. The molecular formula is C18H26N2. The molecule has 1 N–H and O–H groups in total. The number of rotatable bonds is 8. The predicted octanol–water partition coefficient (Wildman–Crippen LogP) is 3.66. The summed E-state index contributed by atoms with van der Waals surface area (Å²) in [6.45, 7) is 9.96. The summed E-state index contributed by atoms with van der Waals surface area (Å²) < 4.78 is 0. The smallest absolute Gasteiger partial charge is 0.0212 e. The molecule has 0 bridgehead atoms. The lowest BCUT2D eigenvalue weighted by atomic mass is 10.0. The molecule has 20 heavy (non-hydrogen) atoms. The molecule has 0 aliphatic carbocycles. The lowest BCUT2D eigenvalue weighted by molar-refractivity contribution is 0.287. The van der Waals surface area contributed by atoms with Crippen molar-refractivity contribution in [2.45, 2.75) is 26.8 Å². The van der Waals surface area contributed by atoms with Crippen LogP contribution in [0.2, 0.25) is 0 Å². The third-order valence-corrected chi connectivity index (χ3v) is 3.79. The molecule has 0 saturated carbocycles. The predicted molar refractivity (Wildman–Crippen MR) is 88.1 cm³/mol. The van der Waals surface area contributed by atoms with E-state index in [4.69, 9.17) is 0 Å². The molecule has 0 aliphatic heterocycles. The van der Waals surface area contributed by atoms with Gasteiger partial charge in [0.25, 0.3) is 0 Å². The molecule has 0 atom stereocenters. The molecule has 2 rings (SSSR count). The fourth-order valence-electron chi connectivity index (χ4n) is 2.65. The SMILES string of the molecule is CCCN(CC)CCNCc1cccc2ccccc12. The summed E-state index contributed by atoms with van der Waals surface area (Å²) in [5.41, 5.74) is 1.39. The first-order valence-corrected chi connectivity index (χ1v) is 7.74. The van der Waals surface area contributed by atoms with E-state index in [0.717, 1.165) is 26.2 Å². The van der Waals surface area contributed by atoms with Crippen LogP contribution in [0.25, 0.3) is 10.8 Å². The zero-order valence-corrected chi connectivity index (χ0v) is 12.7. The highest BCUT2D eigenvalue weighted by atomic mass is 15.1. The summed E-state index contributed by atoms with van der Waals surface area (Å²) in [7, 11) is 0. The Morgan fingerprint density at radius 1 is 0.950 bits per heavy atom. The minimum absolute atomic E-state index is 0.949. The van der Waals surface area contributed by atoms with Crippen molar-refractivity contribution in [1.29, 1.82) is 0 Å². The lowest BCUT2D eigenvalue weighted by Crippen LogP contribution is -2.32. The Balaban J connectivity index is 1.87. The Morgan fingerprint density at radius 3 is 2.55 bits per heavy atom. The highest BCUT2D eigenvalue weighted by Gasteiger charge is 2.02. The molecule has 0 saturated heterocycles. The van der Waals surface area contributed by atoms with E-state index in [1.165, 1.54) is 29.3 Å². The Hall–Kier alpha value is -1.38. The topological polar surface area (TPSA) is 15.3 Å². The Bertz CT molecular complexity index is 516. The maximum absolute atomic E-state index is 3.58. The highest BCUT2D eigenvalue weighted by molar-refractivity contribution is 5.85. The molecule has 0 unspecified atom stereocenters. The van der Waals surface area contributed by atoms with Crippen LogP contribution in [-0.2, 0) is 6.54 Å². The Morgan fingerprint density at radius 2 is 1.75 bits per heavy atom. The second-order valence-corrected chi connectivity index (χ2v) is 5.25. The van der Waals surface area contributed by atoms with Crippen molar-refractivity contribution in [2.24, 2.45) is 0 Å². The van der Waals surface area contributed by atoms with E-state index in [1.54, 1.807) is 0 Å². The largest absolute Gasteiger partial charge is 0.311 e. The van der Waals surface area contributed by atoms with Gasteiger partial charge in [-0.15, -0.1) is 0 Å². The third kappa shape index (κ3) is 4.06. The third-order valence-electron chi connectivity index (χ3n) is 3.79. The van der Waals surface area contributed by atoms with E-state index in [0.29, 0.717) is 0 Å². The molecule has 2 aromatic carbocycles. The van der Waals surface area contributed by atoms with Crippen LogP contribution in [0.1, 0.15) is 25.8 Å². The maximum Gasteiger partial charge on any atom is 0.0212 e. The number of likely N-dealkylation sites (N-methyl/N-ethyl adjacent to an activating group) is 1. The molecule has 2 heteroatoms. The van der Waals surface area contributed by atoms with E-state index < -0.39 is 0 Å². The van der Waals surface area contributed by atoms with Gasteiger partial charge in [0.05, 0.1) is 0 Å². The first-order chi connectivity index (χ1) is 9.85. The van der Waals surface area contributed by atoms with E-state index in [9.17, 15) is 0 Å². The second-order valence-electron chi connectivity index (χ2n) is 5.25. The fraction of sp³-hybridized carbons (Fsp3) is 0.444.